The SMILES string of the molecule is C/C(=N/N=C1\NC(=O)C[C@@H](C(=O)Nc2cccc(C(=O)O)c2)S1)c1ccccc1. The Bertz CT molecular complexity index is 1000. The van der Waals surface area contributed by atoms with Crippen molar-refractivity contribution in [3.05, 3.63) is 65.7 Å². The zero-order valence-corrected chi connectivity index (χ0v) is 16.3. The number of aromatic carboxylic acids is 1. The molecule has 0 spiro atoms. The summed E-state index contributed by atoms with van der Waals surface area (Å²) in [5, 5.41) is 22.0. The first-order valence-corrected chi connectivity index (χ1v) is 9.59. The van der Waals surface area contributed by atoms with Crippen molar-refractivity contribution in [2.75, 3.05) is 5.32 Å². The molecule has 1 atom stereocenters. The summed E-state index contributed by atoms with van der Waals surface area (Å²) in [7, 11) is 0. The Kier molecular flexibility index (Phi) is 6.40. The number of benzene rings is 2. The smallest absolute Gasteiger partial charge is 0.335 e. The highest BCUT2D eigenvalue weighted by Crippen LogP contribution is 2.23. The van der Waals surface area contributed by atoms with Gasteiger partial charge < -0.3 is 15.7 Å². The standard InChI is InChI=1S/C20H18N4O4S/c1-12(13-6-3-2-4-7-13)23-24-20-22-17(25)11-16(29-20)18(26)21-15-9-5-8-14(10-15)19(27)28/h2-10,16H,11H2,1H3,(H,21,26)(H,27,28)(H,22,24,25)/b23-12-/t16-/m0/s1. The number of carboxylic acid groups (broad SMARTS) is 1. The zero-order chi connectivity index (χ0) is 20.8. The van der Waals surface area contributed by atoms with Crippen molar-refractivity contribution < 1.29 is 19.5 Å². The lowest BCUT2D eigenvalue weighted by molar-refractivity contribution is -0.123. The van der Waals surface area contributed by atoms with Crippen LogP contribution in [0.2, 0.25) is 0 Å². The minimum atomic E-state index is -1.09. The van der Waals surface area contributed by atoms with Gasteiger partial charge in [-0.25, -0.2) is 4.79 Å². The summed E-state index contributed by atoms with van der Waals surface area (Å²) in [5.74, 6) is -1.84. The molecular weight excluding hydrogens is 392 g/mol. The minimum absolute atomic E-state index is 0.0183. The highest BCUT2D eigenvalue weighted by atomic mass is 32.2. The van der Waals surface area contributed by atoms with E-state index in [2.05, 4.69) is 20.8 Å². The maximum absolute atomic E-state index is 12.5. The molecule has 148 valence electrons. The fourth-order valence-corrected chi connectivity index (χ4v) is 3.48. The second kappa shape index (κ2) is 9.16. The number of carbonyl (C=O) groups is 3. The molecule has 0 bridgehead atoms. The second-order valence-electron chi connectivity index (χ2n) is 6.19. The van der Waals surface area contributed by atoms with Crippen molar-refractivity contribution in [1.29, 1.82) is 0 Å². The summed E-state index contributed by atoms with van der Waals surface area (Å²) in [6.45, 7) is 1.80. The number of nitrogens with one attached hydrogen (secondary N) is 2. The summed E-state index contributed by atoms with van der Waals surface area (Å²) < 4.78 is 0. The van der Waals surface area contributed by atoms with Crippen molar-refractivity contribution in [2.24, 2.45) is 10.2 Å². The first-order valence-electron chi connectivity index (χ1n) is 8.71. The van der Waals surface area contributed by atoms with Crippen LogP contribution < -0.4 is 10.6 Å². The Morgan fingerprint density at radius 2 is 1.86 bits per heavy atom. The molecule has 8 nitrogen and oxygen atoms in total. The van der Waals surface area contributed by atoms with E-state index in [9.17, 15) is 14.4 Å². The molecule has 9 heteroatoms. The molecule has 0 aromatic heterocycles. The largest absolute Gasteiger partial charge is 0.478 e. The Morgan fingerprint density at radius 3 is 2.59 bits per heavy atom. The topological polar surface area (TPSA) is 120 Å². The molecule has 2 aromatic rings. The molecule has 0 unspecified atom stereocenters. The van der Waals surface area contributed by atoms with Crippen LogP contribution >= 0.6 is 11.8 Å². The van der Waals surface area contributed by atoms with Crippen LogP contribution in [0.15, 0.2) is 64.8 Å². The molecule has 1 aliphatic heterocycles. The summed E-state index contributed by atoms with van der Waals surface area (Å²) in [6.07, 6.45) is -0.0183. The van der Waals surface area contributed by atoms with Crippen LogP contribution in [0, 0.1) is 0 Å². The summed E-state index contributed by atoms with van der Waals surface area (Å²) in [4.78, 5) is 35.6. The third kappa shape index (κ3) is 5.52. The van der Waals surface area contributed by atoms with Gasteiger partial charge in [0.05, 0.1) is 11.3 Å². The second-order valence-corrected chi connectivity index (χ2v) is 7.38. The van der Waals surface area contributed by atoms with Crippen LogP contribution in [0.5, 0.6) is 0 Å². The number of amides is 2. The molecule has 1 fully saturated rings. The molecule has 0 saturated carbocycles. The van der Waals surface area contributed by atoms with E-state index in [-0.39, 0.29) is 23.1 Å². The van der Waals surface area contributed by atoms with Crippen LogP contribution in [0.1, 0.15) is 29.3 Å². The highest BCUT2D eigenvalue weighted by Gasteiger charge is 2.30. The molecule has 2 aromatic carbocycles. The Morgan fingerprint density at radius 1 is 1.14 bits per heavy atom. The fraction of sp³-hybridized carbons (Fsp3) is 0.150. The number of amidine groups is 1. The van der Waals surface area contributed by atoms with Crippen LogP contribution in [-0.4, -0.2) is 39.0 Å². The maximum atomic E-state index is 12.5. The Balaban J connectivity index is 1.70. The number of rotatable bonds is 5. The van der Waals surface area contributed by atoms with Gasteiger partial charge in [-0.05, 0) is 30.7 Å². The molecule has 1 heterocycles. The number of hydrogen-bond acceptors (Lipinski definition) is 6. The molecular formula is C20H18N4O4S. The summed E-state index contributed by atoms with van der Waals surface area (Å²) in [6, 6.07) is 15.4. The van der Waals surface area contributed by atoms with E-state index in [4.69, 9.17) is 5.11 Å². The van der Waals surface area contributed by atoms with Crippen molar-refractivity contribution in [1.82, 2.24) is 5.32 Å². The predicted octanol–water partition coefficient (Wildman–Crippen LogP) is 2.73. The van der Waals surface area contributed by atoms with Gasteiger partial charge in [-0.1, -0.05) is 48.2 Å². The van der Waals surface area contributed by atoms with Gasteiger partial charge >= 0.3 is 5.97 Å². The molecule has 3 N–H and O–H groups in total. The maximum Gasteiger partial charge on any atom is 0.335 e. The Hall–Kier alpha value is -3.46. The number of nitrogens with zero attached hydrogens (tertiary/aromatic N) is 2. The van der Waals surface area contributed by atoms with Gasteiger partial charge in [0, 0.05) is 12.1 Å². The first kappa shape index (κ1) is 20.3. The van der Waals surface area contributed by atoms with Crippen molar-refractivity contribution >= 4 is 46.1 Å². The van der Waals surface area contributed by atoms with E-state index in [1.54, 1.807) is 13.0 Å². The number of carbonyl (C=O) groups excluding carboxylic acids is 2. The van der Waals surface area contributed by atoms with Crippen molar-refractivity contribution in [3.8, 4) is 0 Å². The number of carboxylic acids is 1. The quantitative estimate of drug-likeness (QED) is 0.517. The van der Waals surface area contributed by atoms with E-state index >= 15 is 0 Å². The number of hydrogen-bond donors (Lipinski definition) is 3. The molecule has 3 rings (SSSR count). The Labute approximate surface area is 171 Å². The third-order valence-corrected chi connectivity index (χ3v) is 5.10. The van der Waals surface area contributed by atoms with E-state index < -0.39 is 17.1 Å². The van der Waals surface area contributed by atoms with Gasteiger partial charge in [-0.3, -0.25) is 9.59 Å². The number of anilines is 1. The lowest BCUT2D eigenvalue weighted by Crippen LogP contribution is -2.41. The van der Waals surface area contributed by atoms with Gasteiger partial charge in [0.1, 0.15) is 5.25 Å². The number of thioether (sulfide) groups is 1. The molecule has 1 saturated heterocycles. The predicted molar refractivity (Wildman–Crippen MR) is 112 cm³/mol. The van der Waals surface area contributed by atoms with E-state index in [1.807, 2.05) is 30.3 Å². The summed E-state index contributed by atoms with van der Waals surface area (Å²) in [5.41, 5.74) is 1.98. The molecule has 1 aliphatic rings. The first-order chi connectivity index (χ1) is 13.9. The van der Waals surface area contributed by atoms with Gasteiger partial charge in [0.25, 0.3) is 0 Å². The average molecular weight is 410 g/mol. The minimum Gasteiger partial charge on any atom is -0.478 e. The van der Waals surface area contributed by atoms with E-state index in [0.29, 0.717) is 11.4 Å². The normalized spacial score (nSPS) is 18.2. The van der Waals surface area contributed by atoms with Crippen LogP contribution in [0.4, 0.5) is 5.69 Å². The molecule has 0 aliphatic carbocycles. The van der Waals surface area contributed by atoms with Gasteiger partial charge in [-0.15, -0.1) is 5.10 Å². The molecule has 0 radical (unpaired) electrons. The monoisotopic (exact) mass is 410 g/mol. The average Bonchev–Trinajstić information content (AvgIpc) is 2.72. The highest BCUT2D eigenvalue weighted by molar-refractivity contribution is 8.15. The van der Waals surface area contributed by atoms with Gasteiger partial charge in [0.15, 0.2) is 5.17 Å². The van der Waals surface area contributed by atoms with Crippen LogP contribution in [0.25, 0.3) is 0 Å². The third-order valence-electron chi connectivity index (χ3n) is 4.02. The fourth-order valence-electron chi connectivity index (χ4n) is 2.55. The zero-order valence-electron chi connectivity index (χ0n) is 15.5. The lowest BCUT2D eigenvalue weighted by Gasteiger charge is -2.21. The van der Waals surface area contributed by atoms with E-state index in [0.717, 1.165) is 17.3 Å². The lowest BCUT2D eigenvalue weighted by atomic mass is 10.1. The van der Waals surface area contributed by atoms with E-state index in [1.165, 1.54) is 18.2 Å². The molecule has 29 heavy (non-hydrogen) atoms. The van der Waals surface area contributed by atoms with Crippen LogP contribution in [0.3, 0.4) is 0 Å². The summed E-state index contributed by atoms with van der Waals surface area (Å²) >= 11 is 1.09. The molecule has 2 amide bonds. The van der Waals surface area contributed by atoms with Gasteiger partial charge in [-0.2, -0.15) is 5.10 Å². The van der Waals surface area contributed by atoms with Crippen molar-refractivity contribution in [2.45, 2.75) is 18.6 Å². The van der Waals surface area contributed by atoms with Gasteiger partial charge in [0.2, 0.25) is 11.8 Å². The van der Waals surface area contributed by atoms with Crippen molar-refractivity contribution in [3.63, 3.8) is 0 Å². The van der Waals surface area contributed by atoms with Crippen LogP contribution in [-0.2, 0) is 9.59 Å².